The van der Waals surface area contributed by atoms with E-state index in [4.69, 9.17) is 0 Å². The van der Waals surface area contributed by atoms with Crippen LogP contribution in [0.3, 0.4) is 0 Å². The van der Waals surface area contributed by atoms with Crippen molar-refractivity contribution in [2.45, 2.75) is 19.8 Å². The molecule has 2 nitrogen and oxygen atoms in total. The standard InChI is InChI=1S/C18H20BrNO/c1-14-10-11-16(19)13-17(14)18(21)20(2)12-6-9-15-7-4-3-5-8-15/h3-5,7-8,10-11,13H,6,9,12H2,1-2H3. The first kappa shape index (κ1) is 15.8. The Morgan fingerprint density at radius 3 is 2.57 bits per heavy atom. The van der Waals surface area contributed by atoms with Crippen LogP contribution in [0.1, 0.15) is 27.9 Å². The van der Waals surface area contributed by atoms with Gasteiger partial charge in [0.25, 0.3) is 5.91 Å². The van der Waals surface area contributed by atoms with Crippen molar-refractivity contribution in [2.24, 2.45) is 0 Å². The van der Waals surface area contributed by atoms with Crippen LogP contribution in [0.5, 0.6) is 0 Å². The van der Waals surface area contributed by atoms with Gasteiger partial charge in [-0.15, -0.1) is 0 Å². The maximum absolute atomic E-state index is 12.5. The van der Waals surface area contributed by atoms with E-state index < -0.39 is 0 Å². The number of hydrogen-bond donors (Lipinski definition) is 0. The molecule has 21 heavy (non-hydrogen) atoms. The number of carbonyl (C=O) groups is 1. The molecule has 0 bridgehead atoms. The molecule has 2 aromatic carbocycles. The summed E-state index contributed by atoms with van der Waals surface area (Å²) in [4.78, 5) is 14.3. The summed E-state index contributed by atoms with van der Waals surface area (Å²) in [6.45, 7) is 2.73. The van der Waals surface area contributed by atoms with Crippen molar-refractivity contribution < 1.29 is 4.79 Å². The fourth-order valence-corrected chi connectivity index (χ4v) is 2.66. The Balaban J connectivity index is 1.92. The monoisotopic (exact) mass is 345 g/mol. The molecular weight excluding hydrogens is 326 g/mol. The van der Waals surface area contributed by atoms with E-state index in [-0.39, 0.29) is 5.91 Å². The lowest BCUT2D eigenvalue weighted by atomic mass is 10.1. The summed E-state index contributed by atoms with van der Waals surface area (Å²) in [5.41, 5.74) is 3.10. The van der Waals surface area contributed by atoms with Crippen LogP contribution in [0.15, 0.2) is 53.0 Å². The Hall–Kier alpha value is -1.61. The lowest BCUT2D eigenvalue weighted by Crippen LogP contribution is -2.28. The lowest BCUT2D eigenvalue weighted by Gasteiger charge is -2.18. The molecule has 2 rings (SSSR count). The van der Waals surface area contributed by atoms with Crippen LogP contribution in [0.2, 0.25) is 0 Å². The van der Waals surface area contributed by atoms with Gasteiger partial charge in [-0.05, 0) is 43.0 Å². The van der Waals surface area contributed by atoms with Gasteiger partial charge in [-0.25, -0.2) is 0 Å². The molecule has 0 heterocycles. The first-order valence-electron chi connectivity index (χ1n) is 7.13. The highest BCUT2D eigenvalue weighted by Gasteiger charge is 2.14. The molecule has 0 saturated heterocycles. The van der Waals surface area contributed by atoms with Gasteiger partial charge in [-0.2, -0.15) is 0 Å². The molecule has 2 aromatic rings. The number of aryl methyl sites for hydroxylation is 2. The smallest absolute Gasteiger partial charge is 0.253 e. The molecule has 0 N–H and O–H groups in total. The van der Waals surface area contributed by atoms with Crippen LogP contribution >= 0.6 is 15.9 Å². The third kappa shape index (κ3) is 4.43. The maximum Gasteiger partial charge on any atom is 0.253 e. The van der Waals surface area contributed by atoms with Crippen molar-refractivity contribution in [2.75, 3.05) is 13.6 Å². The third-order valence-corrected chi connectivity index (χ3v) is 4.07. The highest BCUT2D eigenvalue weighted by Crippen LogP contribution is 2.17. The minimum absolute atomic E-state index is 0.0851. The molecule has 0 saturated carbocycles. The number of halogens is 1. The number of hydrogen-bond acceptors (Lipinski definition) is 1. The molecule has 1 amide bonds. The number of carbonyl (C=O) groups excluding carboxylic acids is 1. The van der Waals surface area contributed by atoms with Crippen LogP contribution < -0.4 is 0 Å². The number of rotatable bonds is 5. The summed E-state index contributed by atoms with van der Waals surface area (Å²) in [6.07, 6.45) is 1.97. The predicted octanol–water partition coefficient (Wildman–Crippen LogP) is 4.46. The molecule has 0 aliphatic heterocycles. The van der Waals surface area contributed by atoms with Gasteiger partial charge in [-0.3, -0.25) is 4.79 Å². The quantitative estimate of drug-likeness (QED) is 0.783. The Bertz CT molecular complexity index is 610. The van der Waals surface area contributed by atoms with Crippen molar-refractivity contribution in [3.8, 4) is 0 Å². The van der Waals surface area contributed by atoms with Crippen molar-refractivity contribution in [3.63, 3.8) is 0 Å². The van der Waals surface area contributed by atoms with Crippen LogP contribution in [0.4, 0.5) is 0 Å². The molecule has 0 aromatic heterocycles. The first-order chi connectivity index (χ1) is 10.1. The van der Waals surface area contributed by atoms with Crippen molar-refractivity contribution in [1.29, 1.82) is 0 Å². The third-order valence-electron chi connectivity index (χ3n) is 3.58. The van der Waals surface area contributed by atoms with E-state index in [1.54, 1.807) is 4.90 Å². The summed E-state index contributed by atoms with van der Waals surface area (Å²) in [5, 5.41) is 0. The predicted molar refractivity (Wildman–Crippen MR) is 90.6 cm³/mol. The Labute approximate surface area is 134 Å². The number of benzene rings is 2. The largest absolute Gasteiger partial charge is 0.342 e. The second kappa shape index (κ2) is 7.41. The van der Waals surface area contributed by atoms with E-state index in [1.807, 2.05) is 38.2 Å². The van der Waals surface area contributed by atoms with E-state index in [0.717, 1.165) is 35.0 Å². The van der Waals surface area contributed by atoms with Gasteiger partial charge in [0.15, 0.2) is 0 Å². The minimum Gasteiger partial charge on any atom is -0.342 e. The number of nitrogens with zero attached hydrogens (tertiary/aromatic N) is 1. The summed E-state index contributed by atoms with van der Waals surface area (Å²) in [5.74, 6) is 0.0851. The van der Waals surface area contributed by atoms with Gasteiger partial charge in [0, 0.05) is 23.6 Å². The molecule has 3 heteroatoms. The van der Waals surface area contributed by atoms with Crippen LogP contribution in [-0.2, 0) is 6.42 Å². The molecule has 0 aliphatic carbocycles. The van der Waals surface area contributed by atoms with Gasteiger partial charge >= 0.3 is 0 Å². The van der Waals surface area contributed by atoms with Gasteiger partial charge in [0.2, 0.25) is 0 Å². The van der Waals surface area contributed by atoms with Gasteiger partial charge < -0.3 is 4.90 Å². The lowest BCUT2D eigenvalue weighted by molar-refractivity contribution is 0.0793. The molecule has 0 aliphatic rings. The zero-order chi connectivity index (χ0) is 15.2. The molecule has 0 atom stereocenters. The average molecular weight is 346 g/mol. The Kier molecular flexibility index (Phi) is 5.57. The van der Waals surface area contributed by atoms with E-state index in [9.17, 15) is 4.79 Å². The van der Waals surface area contributed by atoms with Crippen molar-refractivity contribution >= 4 is 21.8 Å². The van der Waals surface area contributed by atoms with Crippen molar-refractivity contribution in [1.82, 2.24) is 4.90 Å². The van der Waals surface area contributed by atoms with Crippen LogP contribution in [-0.4, -0.2) is 24.4 Å². The summed E-state index contributed by atoms with van der Waals surface area (Å²) < 4.78 is 0.939. The molecule has 0 radical (unpaired) electrons. The van der Waals surface area contributed by atoms with E-state index in [1.165, 1.54) is 5.56 Å². The van der Waals surface area contributed by atoms with Gasteiger partial charge in [-0.1, -0.05) is 52.3 Å². The average Bonchev–Trinajstić information content (AvgIpc) is 2.50. The van der Waals surface area contributed by atoms with Gasteiger partial charge in [0.05, 0.1) is 0 Å². The SMILES string of the molecule is Cc1ccc(Br)cc1C(=O)N(C)CCCc1ccccc1. The normalized spacial score (nSPS) is 10.4. The summed E-state index contributed by atoms with van der Waals surface area (Å²) >= 11 is 3.43. The Morgan fingerprint density at radius 2 is 1.86 bits per heavy atom. The zero-order valence-corrected chi connectivity index (χ0v) is 14.1. The zero-order valence-electron chi connectivity index (χ0n) is 12.5. The van der Waals surface area contributed by atoms with E-state index in [2.05, 4.69) is 40.2 Å². The van der Waals surface area contributed by atoms with Gasteiger partial charge in [0.1, 0.15) is 0 Å². The maximum atomic E-state index is 12.5. The summed E-state index contributed by atoms with van der Waals surface area (Å²) in [7, 11) is 1.87. The molecule has 0 fully saturated rings. The second-order valence-electron chi connectivity index (χ2n) is 5.28. The topological polar surface area (TPSA) is 20.3 Å². The molecular formula is C18H20BrNO. The fourth-order valence-electron chi connectivity index (χ4n) is 2.30. The molecule has 0 spiro atoms. The van der Waals surface area contributed by atoms with E-state index in [0.29, 0.717) is 0 Å². The number of amides is 1. The fraction of sp³-hybridized carbons (Fsp3) is 0.278. The second-order valence-corrected chi connectivity index (χ2v) is 6.19. The Morgan fingerprint density at radius 1 is 1.14 bits per heavy atom. The van der Waals surface area contributed by atoms with Crippen molar-refractivity contribution in [3.05, 3.63) is 69.7 Å². The molecule has 110 valence electrons. The summed E-state index contributed by atoms with van der Waals surface area (Å²) in [6, 6.07) is 16.2. The highest BCUT2D eigenvalue weighted by molar-refractivity contribution is 9.10. The van der Waals surface area contributed by atoms with E-state index >= 15 is 0 Å². The van der Waals surface area contributed by atoms with Crippen LogP contribution in [0.25, 0.3) is 0 Å². The van der Waals surface area contributed by atoms with Crippen LogP contribution in [0, 0.1) is 6.92 Å². The first-order valence-corrected chi connectivity index (χ1v) is 7.93. The highest BCUT2D eigenvalue weighted by atomic mass is 79.9. The molecule has 0 unspecified atom stereocenters. The minimum atomic E-state index is 0.0851.